The highest BCUT2D eigenvalue weighted by molar-refractivity contribution is 5.42. The standard InChI is InChI=1S/C17H25NO2/c1-3-9-18-17-15-11-14(19-2)8-7-12(15)10-16(17)20-13-5-4-6-13/h7-8,11,13,16-18H,3-6,9-10H2,1-2H3. The molecule has 2 aliphatic rings. The average Bonchev–Trinajstić information content (AvgIpc) is 2.77. The van der Waals surface area contributed by atoms with Crippen LogP contribution in [0.5, 0.6) is 5.75 Å². The number of rotatable bonds is 6. The number of fused-ring (bicyclic) bond motifs is 1. The van der Waals surface area contributed by atoms with Gasteiger partial charge in [-0.25, -0.2) is 0 Å². The van der Waals surface area contributed by atoms with Gasteiger partial charge in [-0.2, -0.15) is 0 Å². The summed E-state index contributed by atoms with van der Waals surface area (Å²) in [4.78, 5) is 0. The Hall–Kier alpha value is -1.06. The maximum atomic E-state index is 6.31. The fraction of sp³-hybridized carbons (Fsp3) is 0.647. The highest BCUT2D eigenvalue weighted by atomic mass is 16.5. The van der Waals surface area contributed by atoms with Crippen molar-refractivity contribution in [2.24, 2.45) is 0 Å². The fourth-order valence-corrected chi connectivity index (χ4v) is 3.13. The lowest BCUT2D eigenvalue weighted by Crippen LogP contribution is -2.36. The van der Waals surface area contributed by atoms with Crippen LogP contribution in [0.2, 0.25) is 0 Å². The van der Waals surface area contributed by atoms with Crippen molar-refractivity contribution in [2.75, 3.05) is 13.7 Å². The summed E-state index contributed by atoms with van der Waals surface area (Å²) in [5.41, 5.74) is 2.77. The van der Waals surface area contributed by atoms with Gasteiger partial charge < -0.3 is 14.8 Å². The zero-order valence-corrected chi connectivity index (χ0v) is 12.5. The van der Waals surface area contributed by atoms with Gasteiger partial charge in [0.05, 0.1) is 25.4 Å². The molecule has 3 heteroatoms. The zero-order chi connectivity index (χ0) is 13.9. The maximum absolute atomic E-state index is 6.31. The third-order valence-electron chi connectivity index (χ3n) is 4.51. The van der Waals surface area contributed by atoms with E-state index in [9.17, 15) is 0 Å². The van der Waals surface area contributed by atoms with E-state index in [0.29, 0.717) is 12.1 Å². The first-order chi connectivity index (χ1) is 9.81. The van der Waals surface area contributed by atoms with Crippen molar-refractivity contribution in [1.29, 1.82) is 0 Å². The predicted molar refractivity (Wildman–Crippen MR) is 80.2 cm³/mol. The van der Waals surface area contributed by atoms with E-state index in [4.69, 9.17) is 9.47 Å². The summed E-state index contributed by atoms with van der Waals surface area (Å²) in [6.07, 6.45) is 6.73. The van der Waals surface area contributed by atoms with Crippen LogP contribution < -0.4 is 10.1 Å². The third-order valence-corrected chi connectivity index (χ3v) is 4.51. The molecule has 1 N–H and O–H groups in total. The number of benzene rings is 1. The lowest BCUT2D eigenvalue weighted by atomic mass is 9.95. The van der Waals surface area contributed by atoms with E-state index in [1.54, 1.807) is 7.11 Å². The number of hydrogen-bond acceptors (Lipinski definition) is 3. The van der Waals surface area contributed by atoms with Crippen LogP contribution in [0.4, 0.5) is 0 Å². The lowest BCUT2D eigenvalue weighted by molar-refractivity contribution is -0.0611. The third kappa shape index (κ3) is 2.70. The molecule has 0 aliphatic heterocycles. The Morgan fingerprint density at radius 2 is 2.15 bits per heavy atom. The minimum Gasteiger partial charge on any atom is -0.497 e. The van der Waals surface area contributed by atoms with E-state index in [1.165, 1.54) is 30.4 Å². The molecule has 0 amide bonds. The molecular weight excluding hydrogens is 250 g/mol. The van der Waals surface area contributed by atoms with Crippen LogP contribution in [-0.2, 0) is 11.2 Å². The molecule has 3 nitrogen and oxygen atoms in total. The van der Waals surface area contributed by atoms with Crippen LogP contribution in [0, 0.1) is 0 Å². The molecule has 0 aromatic heterocycles. The van der Waals surface area contributed by atoms with Gasteiger partial charge in [0.15, 0.2) is 0 Å². The van der Waals surface area contributed by atoms with Crippen LogP contribution in [0.25, 0.3) is 0 Å². The lowest BCUT2D eigenvalue weighted by Gasteiger charge is -2.32. The molecule has 3 rings (SSSR count). The van der Waals surface area contributed by atoms with E-state index < -0.39 is 0 Å². The summed E-state index contributed by atoms with van der Waals surface area (Å²) in [5.74, 6) is 0.941. The van der Waals surface area contributed by atoms with E-state index in [1.807, 2.05) is 0 Å². The molecule has 110 valence electrons. The summed E-state index contributed by atoms with van der Waals surface area (Å²) in [7, 11) is 1.73. The van der Waals surface area contributed by atoms with Crippen molar-refractivity contribution >= 4 is 0 Å². The summed E-state index contributed by atoms with van der Waals surface area (Å²) in [5, 5.41) is 3.66. The molecule has 0 radical (unpaired) electrons. The van der Waals surface area contributed by atoms with Crippen LogP contribution >= 0.6 is 0 Å². The second-order valence-electron chi connectivity index (χ2n) is 5.93. The number of ether oxygens (including phenoxy) is 2. The van der Waals surface area contributed by atoms with Gasteiger partial charge in [0, 0.05) is 6.42 Å². The Morgan fingerprint density at radius 1 is 1.30 bits per heavy atom. The largest absolute Gasteiger partial charge is 0.497 e. The first-order valence-corrected chi connectivity index (χ1v) is 7.87. The smallest absolute Gasteiger partial charge is 0.119 e. The summed E-state index contributed by atoms with van der Waals surface area (Å²) >= 11 is 0. The highest BCUT2D eigenvalue weighted by Crippen LogP contribution is 2.38. The predicted octanol–water partition coefficient (Wildman–Crippen LogP) is 3.23. The van der Waals surface area contributed by atoms with E-state index >= 15 is 0 Å². The van der Waals surface area contributed by atoms with Crippen LogP contribution in [0.1, 0.15) is 49.8 Å². The zero-order valence-electron chi connectivity index (χ0n) is 12.5. The molecule has 0 heterocycles. The van der Waals surface area contributed by atoms with Gasteiger partial charge in [-0.05, 0) is 55.5 Å². The van der Waals surface area contributed by atoms with Crippen molar-refractivity contribution in [2.45, 2.75) is 57.3 Å². The van der Waals surface area contributed by atoms with E-state index in [-0.39, 0.29) is 6.10 Å². The molecule has 1 aromatic rings. The van der Waals surface area contributed by atoms with Gasteiger partial charge in [-0.3, -0.25) is 0 Å². The molecule has 1 fully saturated rings. The van der Waals surface area contributed by atoms with Gasteiger partial charge in [0.1, 0.15) is 5.75 Å². The molecule has 0 spiro atoms. The molecule has 2 unspecified atom stereocenters. The topological polar surface area (TPSA) is 30.5 Å². The Kier molecular flexibility index (Phi) is 4.27. The Balaban J connectivity index is 1.78. The molecule has 1 saturated carbocycles. The van der Waals surface area contributed by atoms with Gasteiger partial charge in [0.25, 0.3) is 0 Å². The van der Waals surface area contributed by atoms with Gasteiger partial charge in [-0.15, -0.1) is 0 Å². The van der Waals surface area contributed by atoms with E-state index in [2.05, 4.69) is 30.4 Å². The number of hydrogen-bond donors (Lipinski definition) is 1. The first-order valence-electron chi connectivity index (χ1n) is 7.87. The molecule has 2 atom stereocenters. The second kappa shape index (κ2) is 6.15. The minimum atomic E-state index is 0.286. The average molecular weight is 275 g/mol. The molecule has 0 bridgehead atoms. The minimum absolute atomic E-state index is 0.286. The normalized spacial score (nSPS) is 25.3. The summed E-state index contributed by atoms with van der Waals surface area (Å²) < 4.78 is 11.7. The van der Waals surface area contributed by atoms with E-state index in [0.717, 1.165) is 25.1 Å². The maximum Gasteiger partial charge on any atom is 0.119 e. The van der Waals surface area contributed by atoms with Gasteiger partial charge in [-0.1, -0.05) is 13.0 Å². The highest BCUT2D eigenvalue weighted by Gasteiger charge is 2.35. The quantitative estimate of drug-likeness (QED) is 0.864. The summed E-state index contributed by atoms with van der Waals surface area (Å²) in [6.45, 7) is 3.24. The second-order valence-corrected chi connectivity index (χ2v) is 5.93. The van der Waals surface area contributed by atoms with Crippen LogP contribution in [0.15, 0.2) is 18.2 Å². The molecule has 2 aliphatic carbocycles. The van der Waals surface area contributed by atoms with Crippen molar-refractivity contribution in [1.82, 2.24) is 5.32 Å². The molecular formula is C17H25NO2. The molecule has 20 heavy (non-hydrogen) atoms. The van der Waals surface area contributed by atoms with Crippen molar-refractivity contribution in [3.63, 3.8) is 0 Å². The SMILES string of the molecule is CCCNC1c2cc(OC)ccc2CC1OC1CCC1. The Labute approximate surface area is 121 Å². The van der Waals surface area contributed by atoms with Crippen molar-refractivity contribution < 1.29 is 9.47 Å². The summed E-state index contributed by atoms with van der Waals surface area (Å²) in [6, 6.07) is 6.74. The van der Waals surface area contributed by atoms with Crippen LogP contribution in [-0.4, -0.2) is 25.9 Å². The van der Waals surface area contributed by atoms with Crippen molar-refractivity contribution in [3.8, 4) is 5.75 Å². The molecule has 0 saturated heterocycles. The van der Waals surface area contributed by atoms with Gasteiger partial charge >= 0.3 is 0 Å². The monoisotopic (exact) mass is 275 g/mol. The fourth-order valence-electron chi connectivity index (χ4n) is 3.13. The number of methoxy groups -OCH3 is 1. The van der Waals surface area contributed by atoms with Crippen LogP contribution in [0.3, 0.4) is 0 Å². The number of nitrogens with one attached hydrogen (secondary N) is 1. The Morgan fingerprint density at radius 3 is 2.80 bits per heavy atom. The van der Waals surface area contributed by atoms with Crippen molar-refractivity contribution in [3.05, 3.63) is 29.3 Å². The molecule has 1 aromatic carbocycles. The van der Waals surface area contributed by atoms with Gasteiger partial charge in [0.2, 0.25) is 0 Å². The Bertz CT molecular complexity index is 456. The first kappa shape index (κ1) is 13.9.